The fraction of sp³-hybridized carbons (Fsp3) is 0.364. The third-order valence-electron chi connectivity index (χ3n) is 2.21. The second-order valence-corrected chi connectivity index (χ2v) is 3.24. The van der Waals surface area contributed by atoms with Crippen LogP contribution in [0, 0.1) is 5.82 Å². The van der Waals surface area contributed by atoms with Crippen molar-refractivity contribution in [2.45, 2.75) is 26.7 Å². The second-order valence-electron chi connectivity index (χ2n) is 3.24. The minimum absolute atomic E-state index is 0.190. The van der Waals surface area contributed by atoms with Gasteiger partial charge in [-0.25, -0.2) is 13.2 Å². The maximum Gasteiger partial charge on any atom is 0.264 e. The zero-order chi connectivity index (χ0) is 11.6. The number of carbonyl (C=O) groups is 1. The van der Waals surface area contributed by atoms with E-state index in [1.807, 2.05) is 0 Å². The largest absolute Gasteiger partial charge is 0.294 e. The van der Waals surface area contributed by atoms with Gasteiger partial charge in [0.05, 0.1) is 0 Å². The average molecular weight is 216 g/mol. The molecular weight excluding hydrogens is 205 g/mol. The predicted octanol–water partition coefficient (Wildman–Crippen LogP) is 3.53. The van der Waals surface area contributed by atoms with Crippen LogP contribution in [-0.4, -0.2) is 5.78 Å². The minimum atomic E-state index is -2.75. The Morgan fingerprint density at radius 2 is 2.00 bits per heavy atom. The van der Waals surface area contributed by atoms with Gasteiger partial charge >= 0.3 is 0 Å². The van der Waals surface area contributed by atoms with Gasteiger partial charge in [-0.15, -0.1) is 0 Å². The van der Waals surface area contributed by atoms with Gasteiger partial charge in [0, 0.05) is 11.1 Å². The van der Waals surface area contributed by atoms with Crippen molar-refractivity contribution in [2.24, 2.45) is 0 Å². The first-order valence-electron chi connectivity index (χ1n) is 4.58. The molecule has 1 aromatic carbocycles. The quantitative estimate of drug-likeness (QED) is 0.706. The van der Waals surface area contributed by atoms with Gasteiger partial charge < -0.3 is 0 Å². The molecule has 0 unspecified atom stereocenters. The molecule has 1 aromatic rings. The molecule has 0 aromatic heterocycles. The van der Waals surface area contributed by atoms with E-state index in [0.717, 1.165) is 19.1 Å². The van der Waals surface area contributed by atoms with Crippen LogP contribution in [-0.2, 0) is 6.42 Å². The van der Waals surface area contributed by atoms with Crippen molar-refractivity contribution in [1.82, 2.24) is 0 Å². The topological polar surface area (TPSA) is 17.1 Å². The van der Waals surface area contributed by atoms with E-state index in [-0.39, 0.29) is 23.1 Å². The van der Waals surface area contributed by atoms with Crippen molar-refractivity contribution in [3.63, 3.8) is 0 Å². The fourth-order valence-electron chi connectivity index (χ4n) is 1.52. The highest BCUT2D eigenvalue weighted by Crippen LogP contribution is 2.28. The highest BCUT2D eigenvalue weighted by atomic mass is 19.3. The molecule has 0 atom stereocenters. The van der Waals surface area contributed by atoms with Gasteiger partial charge in [-0.05, 0) is 31.0 Å². The van der Waals surface area contributed by atoms with Crippen LogP contribution < -0.4 is 0 Å². The van der Waals surface area contributed by atoms with Crippen LogP contribution in [0.2, 0.25) is 0 Å². The Morgan fingerprint density at radius 1 is 1.40 bits per heavy atom. The molecule has 1 rings (SSSR count). The minimum Gasteiger partial charge on any atom is -0.294 e. The molecule has 0 aliphatic heterocycles. The number of carbonyl (C=O) groups excluding carboxylic acids is 1. The number of aryl methyl sites for hydroxylation is 1. The molecular formula is C11H11F3O. The van der Waals surface area contributed by atoms with E-state index in [0.29, 0.717) is 0 Å². The van der Waals surface area contributed by atoms with Crippen LogP contribution in [0.1, 0.15) is 41.8 Å². The number of ketones is 1. The second kappa shape index (κ2) is 4.47. The van der Waals surface area contributed by atoms with Gasteiger partial charge in [-0.1, -0.05) is 6.92 Å². The zero-order valence-electron chi connectivity index (χ0n) is 8.48. The Balaban J connectivity index is 3.47. The molecule has 4 heteroatoms. The first-order valence-corrected chi connectivity index (χ1v) is 4.58. The predicted molar refractivity (Wildman–Crippen MR) is 50.7 cm³/mol. The summed E-state index contributed by atoms with van der Waals surface area (Å²) in [5.74, 6) is -1.19. The molecule has 0 amide bonds. The number of halogens is 3. The SMILES string of the molecule is CCc1cc(F)cc(C(C)=O)c1C(F)F. The molecule has 0 N–H and O–H groups in total. The zero-order valence-corrected chi connectivity index (χ0v) is 8.48. The normalized spacial score (nSPS) is 10.8. The van der Waals surface area contributed by atoms with E-state index in [1.54, 1.807) is 6.92 Å². The Hall–Kier alpha value is -1.32. The number of hydrogen-bond acceptors (Lipinski definition) is 1. The van der Waals surface area contributed by atoms with Gasteiger partial charge in [0.1, 0.15) is 5.82 Å². The van der Waals surface area contributed by atoms with Crippen molar-refractivity contribution >= 4 is 5.78 Å². The summed E-state index contributed by atoms with van der Waals surface area (Å²) < 4.78 is 38.4. The van der Waals surface area contributed by atoms with Gasteiger partial charge in [-0.2, -0.15) is 0 Å². The lowest BCUT2D eigenvalue weighted by atomic mass is 9.97. The fourth-order valence-corrected chi connectivity index (χ4v) is 1.52. The molecule has 1 nitrogen and oxygen atoms in total. The van der Waals surface area contributed by atoms with Crippen LogP contribution in [0.4, 0.5) is 13.2 Å². The van der Waals surface area contributed by atoms with Crippen molar-refractivity contribution in [3.8, 4) is 0 Å². The Kier molecular flexibility index (Phi) is 3.50. The molecule has 0 heterocycles. The Morgan fingerprint density at radius 3 is 2.40 bits per heavy atom. The van der Waals surface area contributed by atoms with E-state index in [9.17, 15) is 18.0 Å². The summed E-state index contributed by atoms with van der Waals surface area (Å²) in [6.45, 7) is 2.80. The summed E-state index contributed by atoms with van der Waals surface area (Å²) in [7, 11) is 0. The molecule has 0 saturated heterocycles. The number of rotatable bonds is 3. The smallest absolute Gasteiger partial charge is 0.264 e. The molecule has 82 valence electrons. The van der Waals surface area contributed by atoms with E-state index in [1.165, 1.54) is 0 Å². The molecule has 0 aliphatic carbocycles. The molecule has 0 radical (unpaired) electrons. The maximum absolute atomic E-state index is 13.0. The Bertz CT molecular complexity index is 386. The first kappa shape index (κ1) is 11.8. The van der Waals surface area contributed by atoms with Crippen molar-refractivity contribution in [3.05, 3.63) is 34.6 Å². The summed E-state index contributed by atoms with van der Waals surface area (Å²) in [6, 6.07) is 1.91. The highest BCUT2D eigenvalue weighted by Gasteiger charge is 2.20. The van der Waals surface area contributed by atoms with E-state index >= 15 is 0 Å². The number of benzene rings is 1. The molecule has 0 saturated carbocycles. The molecule has 0 fully saturated rings. The van der Waals surface area contributed by atoms with Gasteiger partial charge in [0.15, 0.2) is 5.78 Å². The van der Waals surface area contributed by atoms with Gasteiger partial charge in [0.2, 0.25) is 0 Å². The molecule has 0 bridgehead atoms. The third kappa shape index (κ3) is 2.37. The molecule has 15 heavy (non-hydrogen) atoms. The van der Waals surface area contributed by atoms with Crippen molar-refractivity contribution < 1.29 is 18.0 Å². The van der Waals surface area contributed by atoms with Gasteiger partial charge in [-0.3, -0.25) is 4.79 Å². The summed E-state index contributed by atoms with van der Waals surface area (Å²) in [5, 5.41) is 0. The first-order chi connectivity index (χ1) is 6.97. The average Bonchev–Trinajstić information content (AvgIpc) is 2.15. The van der Waals surface area contributed by atoms with Crippen LogP contribution in [0.5, 0.6) is 0 Å². The van der Waals surface area contributed by atoms with Gasteiger partial charge in [0.25, 0.3) is 6.43 Å². The maximum atomic E-state index is 13.0. The number of alkyl halides is 2. The lowest BCUT2D eigenvalue weighted by Gasteiger charge is -2.11. The van der Waals surface area contributed by atoms with E-state index in [2.05, 4.69) is 0 Å². The highest BCUT2D eigenvalue weighted by molar-refractivity contribution is 5.96. The lowest BCUT2D eigenvalue weighted by molar-refractivity contribution is 0.0997. The molecule has 0 spiro atoms. The van der Waals surface area contributed by atoms with Crippen LogP contribution in [0.3, 0.4) is 0 Å². The van der Waals surface area contributed by atoms with Crippen LogP contribution >= 0.6 is 0 Å². The van der Waals surface area contributed by atoms with Crippen LogP contribution in [0.25, 0.3) is 0 Å². The number of hydrogen-bond donors (Lipinski definition) is 0. The van der Waals surface area contributed by atoms with E-state index in [4.69, 9.17) is 0 Å². The Labute approximate surface area is 85.9 Å². The summed E-state index contributed by atoms with van der Waals surface area (Å²) in [6.07, 6.45) is -2.48. The van der Waals surface area contributed by atoms with Crippen molar-refractivity contribution in [2.75, 3.05) is 0 Å². The monoisotopic (exact) mass is 216 g/mol. The standard InChI is InChI=1S/C11H11F3O/c1-3-7-4-8(12)5-9(6(2)15)10(7)11(13)14/h4-5,11H,3H2,1-2H3. The third-order valence-corrected chi connectivity index (χ3v) is 2.21. The lowest BCUT2D eigenvalue weighted by Crippen LogP contribution is -2.05. The van der Waals surface area contributed by atoms with E-state index < -0.39 is 18.0 Å². The van der Waals surface area contributed by atoms with Crippen molar-refractivity contribution in [1.29, 1.82) is 0 Å². The summed E-state index contributed by atoms with van der Waals surface area (Å²) >= 11 is 0. The van der Waals surface area contributed by atoms with Crippen LogP contribution in [0.15, 0.2) is 12.1 Å². The number of Topliss-reactive ketones (excluding diaryl/α,β-unsaturated/α-hetero) is 1. The summed E-state index contributed by atoms with van der Waals surface area (Å²) in [5.41, 5.74) is -0.372. The summed E-state index contributed by atoms with van der Waals surface area (Å²) in [4.78, 5) is 11.1. The molecule has 0 aliphatic rings.